The van der Waals surface area contributed by atoms with Crippen LogP contribution in [0.4, 0.5) is 5.69 Å². The van der Waals surface area contributed by atoms with E-state index in [1.807, 2.05) is 36.4 Å². The lowest BCUT2D eigenvalue weighted by atomic mass is 10.0. The molecule has 0 aliphatic heterocycles. The number of nitrogens with zero attached hydrogens (tertiary/aromatic N) is 2. The quantitative estimate of drug-likeness (QED) is 0.225. The van der Waals surface area contributed by atoms with E-state index in [2.05, 4.69) is 11.4 Å². The van der Waals surface area contributed by atoms with Crippen molar-refractivity contribution < 1.29 is 29.4 Å². The summed E-state index contributed by atoms with van der Waals surface area (Å²) >= 11 is 1.39. The normalized spacial score (nSPS) is 12.0. The maximum Gasteiger partial charge on any atom is 0.323 e. The van der Waals surface area contributed by atoms with Crippen LogP contribution in [-0.2, 0) is 24.9 Å². The fourth-order valence-corrected chi connectivity index (χ4v) is 4.91. The van der Waals surface area contributed by atoms with Crippen molar-refractivity contribution in [1.29, 1.82) is 5.26 Å². The molecule has 3 aromatic carbocycles. The molecule has 0 aliphatic carbocycles. The van der Waals surface area contributed by atoms with E-state index in [1.165, 1.54) is 11.8 Å². The Morgan fingerprint density at radius 3 is 2.10 bits per heavy atom. The molecule has 2 amide bonds. The third-order valence-corrected chi connectivity index (χ3v) is 7.22. The number of carbonyl (C=O) groups is 4. The Morgan fingerprint density at radius 2 is 1.54 bits per heavy atom. The average Bonchev–Trinajstić information content (AvgIpc) is 2.98. The van der Waals surface area contributed by atoms with Gasteiger partial charge in [-0.25, -0.2) is 0 Å². The summed E-state index contributed by atoms with van der Waals surface area (Å²) in [5.74, 6) is -2.94. The lowest BCUT2D eigenvalue weighted by molar-refractivity contribution is -0.139. The fourth-order valence-electron chi connectivity index (χ4n) is 3.90. The number of anilines is 1. The highest BCUT2D eigenvalue weighted by molar-refractivity contribution is 7.98. The molecule has 0 fully saturated rings. The molecular formula is C30H30N4O6S. The zero-order chi connectivity index (χ0) is 29.8. The zero-order valence-electron chi connectivity index (χ0n) is 22.1. The lowest BCUT2D eigenvalue weighted by Gasteiger charge is -2.27. The summed E-state index contributed by atoms with van der Waals surface area (Å²) in [5, 5.41) is 30.1. The van der Waals surface area contributed by atoms with Crippen molar-refractivity contribution in [3.63, 3.8) is 0 Å². The molecule has 0 bridgehead atoms. The number of carboxylic acids is 2. The molecule has 0 unspecified atom stereocenters. The minimum absolute atomic E-state index is 0.113. The van der Waals surface area contributed by atoms with Crippen molar-refractivity contribution in [2.45, 2.75) is 30.7 Å². The number of amides is 2. The first-order valence-corrected chi connectivity index (χ1v) is 13.9. The van der Waals surface area contributed by atoms with Crippen molar-refractivity contribution in [2.24, 2.45) is 5.73 Å². The van der Waals surface area contributed by atoms with E-state index in [1.54, 1.807) is 42.5 Å². The van der Waals surface area contributed by atoms with E-state index in [0.29, 0.717) is 17.0 Å². The van der Waals surface area contributed by atoms with E-state index in [-0.39, 0.29) is 18.6 Å². The molecule has 0 saturated heterocycles. The molecule has 10 nitrogen and oxygen atoms in total. The third kappa shape index (κ3) is 9.49. The van der Waals surface area contributed by atoms with Gasteiger partial charge in [0.25, 0.3) is 5.91 Å². The Morgan fingerprint density at radius 1 is 0.927 bits per heavy atom. The van der Waals surface area contributed by atoms with E-state index < -0.39 is 42.4 Å². The summed E-state index contributed by atoms with van der Waals surface area (Å²) < 4.78 is 0. The first-order chi connectivity index (χ1) is 19.7. The number of carboxylic acid groups (broad SMARTS) is 2. The van der Waals surface area contributed by atoms with Crippen LogP contribution in [0.5, 0.6) is 0 Å². The summed E-state index contributed by atoms with van der Waals surface area (Å²) in [6, 6.07) is 23.2. The number of aliphatic carboxylic acids is 2. The number of rotatable bonds is 14. The van der Waals surface area contributed by atoms with Crippen molar-refractivity contribution in [3.05, 3.63) is 90.0 Å². The molecule has 3 aromatic rings. The Balaban J connectivity index is 1.71. The number of nitrogens with two attached hydrogens (primary N) is 1. The Bertz CT molecular complexity index is 1390. The van der Waals surface area contributed by atoms with Crippen LogP contribution in [0.1, 0.15) is 24.0 Å². The largest absolute Gasteiger partial charge is 0.480 e. The second-order valence-corrected chi connectivity index (χ2v) is 10.2. The van der Waals surface area contributed by atoms with Crippen molar-refractivity contribution in [1.82, 2.24) is 5.32 Å². The molecule has 0 aliphatic rings. The number of hydrogen-bond acceptors (Lipinski definition) is 7. The van der Waals surface area contributed by atoms with Crippen LogP contribution >= 0.6 is 11.8 Å². The monoisotopic (exact) mass is 574 g/mol. The van der Waals surface area contributed by atoms with Gasteiger partial charge in [-0.3, -0.25) is 24.1 Å². The smallest absolute Gasteiger partial charge is 0.323 e. The number of carbonyl (C=O) groups excluding carboxylic acids is 2. The van der Waals surface area contributed by atoms with Crippen LogP contribution in [0.25, 0.3) is 11.1 Å². The summed E-state index contributed by atoms with van der Waals surface area (Å²) in [6.45, 7) is -0.597. The molecule has 0 heterocycles. The van der Waals surface area contributed by atoms with E-state index in [9.17, 15) is 24.3 Å². The molecular weight excluding hydrogens is 544 g/mol. The average molecular weight is 575 g/mol. The number of nitrogens with one attached hydrogen (secondary N) is 1. The molecule has 41 heavy (non-hydrogen) atoms. The van der Waals surface area contributed by atoms with Gasteiger partial charge in [0.05, 0.1) is 11.6 Å². The third-order valence-electron chi connectivity index (χ3n) is 6.11. The van der Waals surface area contributed by atoms with Gasteiger partial charge in [0.2, 0.25) is 5.91 Å². The number of thioether (sulfide) groups is 1. The Hall–Kier alpha value is -4.66. The van der Waals surface area contributed by atoms with Crippen LogP contribution < -0.4 is 16.0 Å². The van der Waals surface area contributed by atoms with Gasteiger partial charge in [0, 0.05) is 23.6 Å². The van der Waals surface area contributed by atoms with Crippen LogP contribution in [0, 0.1) is 11.3 Å². The molecule has 5 N–H and O–H groups in total. The Kier molecular flexibility index (Phi) is 11.5. The van der Waals surface area contributed by atoms with Crippen LogP contribution in [0.2, 0.25) is 0 Å². The molecule has 0 radical (unpaired) electrons. The molecule has 11 heteroatoms. The second-order valence-electron chi connectivity index (χ2n) is 9.16. The predicted molar refractivity (Wildman–Crippen MR) is 156 cm³/mol. The number of nitriles is 1. The first-order valence-electron chi connectivity index (χ1n) is 12.7. The van der Waals surface area contributed by atoms with Crippen molar-refractivity contribution in [2.75, 3.05) is 17.2 Å². The second kappa shape index (κ2) is 15.2. The topological polar surface area (TPSA) is 174 Å². The van der Waals surface area contributed by atoms with Gasteiger partial charge >= 0.3 is 11.9 Å². The molecule has 0 saturated carbocycles. The standard InChI is InChI=1S/C30H30N4O6S/c31-16-20-6-10-22(11-7-20)23-12-8-21(9-13-23)18-41-19-26(33-27(35)15-14-25(32)30(39)40)29(38)34(17-28(36)37)24-4-2-1-3-5-24/h1-13,25-26H,14-15,17-19,32H2,(H,33,35)(H,36,37)(H,39,40)/t25-,26-/m0/s1. The Labute approximate surface area is 241 Å². The first kappa shape index (κ1) is 30.9. The highest BCUT2D eigenvalue weighted by atomic mass is 32.2. The SMILES string of the molecule is N#Cc1ccc(-c2ccc(CSC[C@H](NC(=O)CC[C@H](N)C(=O)O)C(=O)N(CC(=O)O)c3ccccc3)cc2)cc1. The van der Waals surface area contributed by atoms with Crippen LogP contribution in [-0.4, -0.2) is 58.3 Å². The number of para-hydroxylation sites is 1. The maximum absolute atomic E-state index is 13.5. The van der Waals surface area contributed by atoms with Gasteiger partial charge < -0.3 is 21.3 Å². The van der Waals surface area contributed by atoms with Crippen LogP contribution in [0.3, 0.4) is 0 Å². The molecule has 212 valence electrons. The molecule has 3 rings (SSSR count). The molecule has 2 atom stereocenters. The lowest BCUT2D eigenvalue weighted by Crippen LogP contribution is -2.51. The van der Waals surface area contributed by atoms with Crippen LogP contribution in [0.15, 0.2) is 78.9 Å². The van der Waals surface area contributed by atoms with Gasteiger partial charge in [0.1, 0.15) is 18.6 Å². The van der Waals surface area contributed by atoms with E-state index >= 15 is 0 Å². The fraction of sp³-hybridized carbons (Fsp3) is 0.233. The number of hydrogen-bond donors (Lipinski definition) is 4. The summed E-state index contributed by atoms with van der Waals surface area (Å²) in [4.78, 5) is 49.9. The highest BCUT2D eigenvalue weighted by Crippen LogP contribution is 2.23. The minimum atomic E-state index is -1.23. The van der Waals surface area contributed by atoms with E-state index in [0.717, 1.165) is 21.6 Å². The van der Waals surface area contributed by atoms with Crippen molar-refractivity contribution >= 4 is 41.2 Å². The van der Waals surface area contributed by atoms with Gasteiger partial charge in [-0.2, -0.15) is 17.0 Å². The predicted octanol–water partition coefficient (Wildman–Crippen LogP) is 3.25. The zero-order valence-corrected chi connectivity index (χ0v) is 22.9. The summed E-state index contributed by atoms with van der Waals surface area (Å²) in [7, 11) is 0. The van der Waals surface area contributed by atoms with Crippen molar-refractivity contribution in [3.8, 4) is 17.2 Å². The van der Waals surface area contributed by atoms with E-state index in [4.69, 9.17) is 16.1 Å². The van der Waals surface area contributed by atoms with Gasteiger partial charge in [-0.15, -0.1) is 0 Å². The molecule has 0 aromatic heterocycles. The highest BCUT2D eigenvalue weighted by Gasteiger charge is 2.29. The number of benzene rings is 3. The summed E-state index contributed by atoms with van der Waals surface area (Å²) in [6.07, 6.45) is -0.318. The maximum atomic E-state index is 13.5. The van der Waals surface area contributed by atoms with Gasteiger partial charge in [-0.05, 0) is 47.4 Å². The van der Waals surface area contributed by atoms with Gasteiger partial charge in [-0.1, -0.05) is 54.6 Å². The molecule has 0 spiro atoms. The summed E-state index contributed by atoms with van der Waals surface area (Å²) in [5.41, 5.74) is 9.38. The minimum Gasteiger partial charge on any atom is -0.480 e. The van der Waals surface area contributed by atoms with Gasteiger partial charge in [0.15, 0.2) is 0 Å².